The Morgan fingerprint density at radius 1 is 1.00 bits per heavy atom. The summed E-state index contributed by atoms with van der Waals surface area (Å²) in [5.74, 6) is -0.766. The van der Waals surface area contributed by atoms with Crippen molar-refractivity contribution >= 4 is 29.1 Å². The van der Waals surface area contributed by atoms with Crippen molar-refractivity contribution in [1.29, 1.82) is 0 Å². The molecule has 0 spiro atoms. The molecule has 1 heterocycles. The highest BCUT2D eigenvalue weighted by Gasteiger charge is 2.40. The normalized spacial score (nSPS) is 20.6. The third-order valence-electron chi connectivity index (χ3n) is 6.42. The second-order valence-corrected chi connectivity index (χ2v) is 9.07. The SMILES string of the molecule is O=C(Nc1cccc(F)c1)C1CCCN1[C@H](C(=O)NC1CCCCC1)c1ccccc1Cl. The molecule has 170 valence electrons. The Bertz CT molecular complexity index is 964. The van der Waals surface area contributed by atoms with Gasteiger partial charge in [-0.25, -0.2) is 4.39 Å². The number of carbonyl (C=O) groups excluding carboxylic acids is 2. The van der Waals surface area contributed by atoms with Crippen molar-refractivity contribution in [1.82, 2.24) is 10.2 Å². The van der Waals surface area contributed by atoms with E-state index in [1.807, 2.05) is 23.1 Å². The number of likely N-dealkylation sites (tertiary alicyclic amines) is 1. The Morgan fingerprint density at radius 3 is 2.53 bits per heavy atom. The van der Waals surface area contributed by atoms with E-state index in [4.69, 9.17) is 11.6 Å². The molecule has 1 unspecified atom stereocenters. The van der Waals surface area contributed by atoms with Gasteiger partial charge in [0.15, 0.2) is 0 Å². The number of nitrogens with zero attached hydrogens (tertiary/aromatic N) is 1. The molecule has 0 radical (unpaired) electrons. The van der Waals surface area contributed by atoms with E-state index in [2.05, 4.69) is 10.6 Å². The maximum absolute atomic E-state index is 13.6. The predicted molar refractivity (Wildman–Crippen MR) is 124 cm³/mol. The van der Waals surface area contributed by atoms with Gasteiger partial charge in [0.1, 0.15) is 11.9 Å². The zero-order valence-corrected chi connectivity index (χ0v) is 18.8. The molecule has 2 N–H and O–H groups in total. The molecule has 32 heavy (non-hydrogen) atoms. The fourth-order valence-corrected chi connectivity index (χ4v) is 5.10. The molecular formula is C25H29ClFN3O2. The highest BCUT2D eigenvalue weighted by molar-refractivity contribution is 6.31. The van der Waals surface area contributed by atoms with Gasteiger partial charge >= 0.3 is 0 Å². The molecule has 5 nitrogen and oxygen atoms in total. The molecule has 1 saturated heterocycles. The fourth-order valence-electron chi connectivity index (χ4n) is 4.87. The largest absolute Gasteiger partial charge is 0.352 e. The van der Waals surface area contributed by atoms with Crippen LogP contribution < -0.4 is 10.6 Å². The summed E-state index contributed by atoms with van der Waals surface area (Å²) >= 11 is 6.51. The van der Waals surface area contributed by atoms with Crippen molar-refractivity contribution in [3.63, 3.8) is 0 Å². The summed E-state index contributed by atoms with van der Waals surface area (Å²) in [5.41, 5.74) is 1.11. The zero-order valence-electron chi connectivity index (χ0n) is 18.0. The minimum atomic E-state index is -0.656. The van der Waals surface area contributed by atoms with Gasteiger partial charge in [0, 0.05) is 23.3 Å². The Morgan fingerprint density at radius 2 is 1.78 bits per heavy atom. The number of rotatable bonds is 6. The minimum absolute atomic E-state index is 0.115. The van der Waals surface area contributed by atoms with Gasteiger partial charge in [-0.2, -0.15) is 0 Å². The van der Waals surface area contributed by atoms with Crippen LogP contribution in [-0.4, -0.2) is 35.3 Å². The standard InChI is InChI=1S/C25H29ClFN3O2/c26-21-13-5-4-12-20(21)23(25(32)28-18-9-2-1-3-10-18)30-15-7-14-22(30)24(31)29-19-11-6-8-17(27)16-19/h4-6,8,11-13,16,18,22-23H,1-3,7,9-10,14-15H2,(H,28,32)(H,29,31)/t22?,23-/m0/s1. The summed E-state index contributed by atoms with van der Waals surface area (Å²) < 4.78 is 13.6. The Hall–Kier alpha value is -2.44. The summed E-state index contributed by atoms with van der Waals surface area (Å²) in [7, 11) is 0. The highest BCUT2D eigenvalue weighted by Crippen LogP contribution is 2.34. The van der Waals surface area contributed by atoms with Gasteiger partial charge in [-0.15, -0.1) is 0 Å². The van der Waals surface area contributed by atoms with E-state index in [0.717, 1.165) is 32.1 Å². The van der Waals surface area contributed by atoms with Gasteiger partial charge in [-0.1, -0.05) is 55.1 Å². The minimum Gasteiger partial charge on any atom is -0.352 e. The molecule has 2 amide bonds. The average molecular weight is 458 g/mol. The Balaban J connectivity index is 1.58. The molecule has 1 saturated carbocycles. The number of hydrogen-bond acceptors (Lipinski definition) is 3. The van der Waals surface area contributed by atoms with Crippen LogP contribution in [0.4, 0.5) is 10.1 Å². The number of halogens is 2. The lowest BCUT2D eigenvalue weighted by molar-refractivity contribution is -0.130. The fraction of sp³-hybridized carbons (Fsp3) is 0.440. The van der Waals surface area contributed by atoms with Crippen molar-refractivity contribution < 1.29 is 14.0 Å². The van der Waals surface area contributed by atoms with Crippen molar-refractivity contribution in [3.05, 3.63) is 64.9 Å². The summed E-state index contributed by atoms with van der Waals surface area (Å²) in [6.07, 6.45) is 6.80. The van der Waals surface area contributed by atoms with Crippen LogP contribution in [0, 0.1) is 5.82 Å². The second kappa shape index (κ2) is 10.5. The first kappa shape index (κ1) is 22.7. The molecular weight excluding hydrogens is 429 g/mol. The van der Waals surface area contributed by atoms with Crippen molar-refractivity contribution in [2.45, 2.75) is 63.1 Å². The average Bonchev–Trinajstić information content (AvgIpc) is 3.25. The lowest BCUT2D eigenvalue weighted by atomic mass is 9.94. The Kier molecular flexibility index (Phi) is 7.43. The van der Waals surface area contributed by atoms with Gasteiger partial charge in [-0.3, -0.25) is 14.5 Å². The predicted octanol–water partition coefficient (Wildman–Crippen LogP) is 5.07. The number of carbonyl (C=O) groups is 2. The van der Waals surface area contributed by atoms with Gasteiger partial charge in [0.05, 0.1) is 6.04 Å². The van der Waals surface area contributed by atoms with Crippen LogP contribution in [-0.2, 0) is 9.59 Å². The summed E-state index contributed by atoms with van der Waals surface area (Å²) in [5, 5.41) is 6.54. The first-order chi connectivity index (χ1) is 15.5. The van der Waals surface area contributed by atoms with E-state index >= 15 is 0 Å². The van der Waals surface area contributed by atoms with Gasteiger partial charge < -0.3 is 10.6 Å². The first-order valence-electron chi connectivity index (χ1n) is 11.4. The quantitative estimate of drug-likeness (QED) is 0.636. The van der Waals surface area contributed by atoms with Crippen molar-refractivity contribution in [2.75, 3.05) is 11.9 Å². The number of amides is 2. The number of benzene rings is 2. The molecule has 0 bridgehead atoms. The van der Waals surface area contributed by atoms with Gasteiger partial charge in [0.2, 0.25) is 11.8 Å². The summed E-state index contributed by atoms with van der Waals surface area (Å²) in [6.45, 7) is 0.606. The topological polar surface area (TPSA) is 61.4 Å². The monoisotopic (exact) mass is 457 g/mol. The summed E-state index contributed by atoms with van der Waals surface area (Å²) in [6, 6.07) is 12.2. The smallest absolute Gasteiger partial charge is 0.242 e. The molecule has 2 fully saturated rings. The molecule has 7 heteroatoms. The van der Waals surface area contributed by atoms with E-state index in [1.54, 1.807) is 18.2 Å². The first-order valence-corrected chi connectivity index (χ1v) is 11.8. The maximum Gasteiger partial charge on any atom is 0.242 e. The van der Waals surface area contributed by atoms with Crippen LogP contribution in [0.5, 0.6) is 0 Å². The third-order valence-corrected chi connectivity index (χ3v) is 6.76. The third kappa shape index (κ3) is 5.30. The van der Waals surface area contributed by atoms with Crippen molar-refractivity contribution in [3.8, 4) is 0 Å². The van der Waals surface area contributed by atoms with Gasteiger partial charge in [0.25, 0.3) is 0 Å². The van der Waals surface area contributed by atoms with Crippen LogP contribution >= 0.6 is 11.6 Å². The van der Waals surface area contributed by atoms with Crippen LogP contribution in [0.2, 0.25) is 5.02 Å². The van der Waals surface area contributed by atoms with E-state index in [-0.39, 0.29) is 17.9 Å². The second-order valence-electron chi connectivity index (χ2n) is 8.66. The molecule has 1 aliphatic heterocycles. The highest BCUT2D eigenvalue weighted by atomic mass is 35.5. The van der Waals surface area contributed by atoms with Crippen LogP contribution in [0.3, 0.4) is 0 Å². The van der Waals surface area contributed by atoms with Gasteiger partial charge in [-0.05, 0) is 55.5 Å². The van der Waals surface area contributed by atoms with Crippen LogP contribution in [0.1, 0.15) is 56.6 Å². The molecule has 4 rings (SSSR count). The lowest BCUT2D eigenvalue weighted by Crippen LogP contribution is -2.49. The van der Waals surface area contributed by atoms with Crippen LogP contribution in [0.25, 0.3) is 0 Å². The van der Waals surface area contributed by atoms with E-state index in [0.29, 0.717) is 29.2 Å². The van der Waals surface area contributed by atoms with E-state index in [9.17, 15) is 14.0 Å². The molecule has 2 aliphatic rings. The molecule has 0 aromatic heterocycles. The van der Waals surface area contributed by atoms with E-state index < -0.39 is 17.9 Å². The maximum atomic E-state index is 13.6. The molecule has 1 aliphatic carbocycles. The summed E-state index contributed by atoms with van der Waals surface area (Å²) in [4.78, 5) is 28.6. The number of nitrogens with one attached hydrogen (secondary N) is 2. The molecule has 2 atom stereocenters. The lowest BCUT2D eigenvalue weighted by Gasteiger charge is -2.34. The van der Waals surface area contributed by atoms with E-state index in [1.165, 1.54) is 18.6 Å². The molecule has 2 aromatic rings. The zero-order chi connectivity index (χ0) is 22.5. The molecule has 2 aromatic carbocycles. The van der Waals surface area contributed by atoms with Crippen molar-refractivity contribution in [2.24, 2.45) is 0 Å². The van der Waals surface area contributed by atoms with Crippen LogP contribution in [0.15, 0.2) is 48.5 Å². The number of anilines is 1. The Labute approximate surface area is 193 Å². The number of hydrogen-bond donors (Lipinski definition) is 2.